The van der Waals surface area contributed by atoms with E-state index in [-0.39, 0.29) is 12.0 Å². The third-order valence-corrected chi connectivity index (χ3v) is 4.06. The Hall–Kier alpha value is -1.43. The highest BCUT2D eigenvalue weighted by molar-refractivity contribution is 7.92. The molecule has 0 saturated carbocycles. The number of rotatable bonds is 6. The molecule has 1 aromatic rings. The molecule has 1 heterocycles. The van der Waals surface area contributed by atoms with Gasteiger partial charge in [-0.1, -0.05) is 36.4 Å². The van der Waals surface area contributed by atoms with Gasteiger partial charge in [-0.2, -0.15) is 0 Å². The molecule has 0 spiro atoms. The number of ether oxygens (including phenoxy) is 1. The molecule has 1 N–H and O–H groups in total. The van der Waals surface area contributed by atoms with Gasteiger partial charge in [0.05, 0.1) is 13.2 Å². The van der Waals surface area contributed by atoms with Crippen molar-refractivity contribution in [2.45, 2.75) is 6.04 Å². The fourth-order valence-electron chi connectivity index (χ4n) is 1.76. The molecule has 2 rings (SSSR count). The molecule has 1 aromatic carbocycles. The molecular weight excluding hydrogens is 262 g/mol. The molecule has 102 valence electrons. The summed E-state index contributed by atoms with van der Waals surface area (Å²) in [5.74, 6) is 0.178. The molecule has 1 fully saturated rings. The SMILES string of the molecule is C=CC(NS(=O)(=O)/C=C/c1ccccc1)C1COC1. The van der Waals surface area contributed by atoms with Crippen LogP contribution in [0, 0.1) is 5.92 Å². The number of sulfonamides is 1. The Kier molecular flexibility index (Phi) is 4.52. The molecule has 1 atom stereocenters. The molecule has 0 amide bonds. The number of hydrogen-bond acceptors (Lipinski definition) is 3. The second-order valence-corrected chi connectivity index (χ2v) is 6.03. The van der Waals surface area contributed by atoms with Gasteiger partial charge in [-0.15, -0.1) is 6.58 Å². The van der Waals surface area contributed by atoms with Gasteiger partial charge in [0.15, 0.2) is 0 Å². The summed E-state index contributed by atoms with van der Waals surface area (Å²) < 4.78 is 31.5. The van der Waals surface area contributed by atoms with E-state index in [9.17, 15) is 8.42 Å². The van der Waals surface area contributed by atoms with Crippen molar-refractivity contribution in [2.75, 3.05) is 13.2 Å². The molecule has 0 radical (unpaired) electrons. The zero-order valence-electron chi connectivity index (χ0n) is 10.5. The van der Waals surface area contributed by atoms with Gasteiger partial charge in [0.1, 0.15) is 0 Å². The Morgan fingerprint density at radius 2 is 2.00 bits per heavy atom. The molecule has 0 aliphatic carbocycles. The minimum Gasteiger partial charge on any atom is -0.381 e. The van der Waals surface area contributed by atoms with Crippen LogP contribution in [-0.2, 0) is 14.8 Å². The largest absolute Gasteiger partial charge is 0.381 e. The molecule has 1 unspecified atom stereocenters. The van der Waals surface area contributed by atoms with Gasteiger partial charge in [-0.25, -0.2) is 13.1 Å². The molecular formula is C14H17NO3S. The van der Waals surface area contributed by atoms with Crippen LogP contribution in [0.2, 0.25) is 0 Å². The Bertz CT molecular complexity index is 547. The Morgan fingerprint density at radius 3 is 2.53 bits per heavy atom. The summed E-state index contributed by atoms with van der Waals surface area (Å²) in [7, 11) is -3.47. The van der Waals surface area contributed by atoms with E-state index in [1.807, 2.05) is 30.3 Å². The van der Waals surface area contributed by atoms with E-state index in [1.54, 1.807) is 12.2 Å². The molecule has 5 heteroatoms. The molecule has 4 nitrogen and oxygen atoms in total. The molecule has 19 heavy (non-hydrogen) atoms. The van der Waals surface area contributed by atoms with Crippen LogP contribution in [0.4, 0.5) is 0 Å². The summed E-state index contributed by atoms with van der Waals surface area (Å²) in [4.78, 5) is 0. The molecule has 1 aliphatic heterocycles. The van der Waals surface area contributed by atoms with Crippen LogP contribution in [0.3, 0.4) is 0 Å². The molecule has 0 bridgehead atoms. The second-order valence-electron chi connectivity index (χ2n) is 4.44. The first-order chi connectivity index (χ1) is 9.11. The van der Waals surface area contributed by atoms with Crippen molar-refractivity contribution in [3.63, 3.8) is 0 Å². The topological polar surface area (TPSA) is 55.4 Å². The average Bonchev–Trinajstić information content (AvgIpc) is 2.35. The second kappa shape index (κ2) is 6.14. The van der Waals surface area contributed by atoms with E-state index >= 15 is 0 Å². The van der Waals surface area contributed by atoms with Crippen molar-refractivity contribution in [2.24, 2.45) is 5.92 Å². The minimum atomic E-state index is -3.47. The van der Waals surface area contributed by atoms with Crippen molar-refractivity contribution in [3.05, 3.63) is 54.0 Å². The van der Waals surface area contributed by atoms with Crippen molar-refractivity contribution in [3.8, 4) is 0 Å². The predicted octanol–water partition coefficient (Wildman–Crippen LogP) is 1.78. The maximum atomic E-state index is 11.9. The fourth-order valence-corrected chi connectivity index (χ4v) is 2.84. The summed E-state index contributed by atoms with van der Waals surface area (Å²) in [6.07, 6.45) is 3.18. The van der Waals surface area contributed by atoms with Crippen LogP contribution in [0.5, 0.6) is 0 Å². The summed E-state index contributed by atoms with van der Waals surface area (Å²) >= 11 is 0. The van der Waals surface area contributed by atoms with E-state index in [0.717, 1.165) is 5.56 Å². The van der Waals surface area contributed by atoms with Crippen LogP contribution >= 0.6 is 0 Å². The van der Waals surface area contributed by atoms with Gasteiger partial charge in [-0.3, -0.25) is 0 Å². The quantitative estimate of drug-likeness (QED) is 0.808. The lowest BCUT2D eigenvalue weighted by Gasteiger charge is -2.31. The highest BCUT2D eigenvalue weighted by Gasteiger charge is 2.28. The van der Waals surface area contributed by atoms with E-state index < -0.39 is 10.0 Å². The monoisotopic (exact) mass is 279 g/mol. The van der Waals surface area contributed by atoms with Crippen LogP contribution < -0.4 is 4.72 Å². The Balaban J connectivity index is 2.01. The molecule has 1 aliphatic rings. The van der Waals surface area contributed by atoms with Crippen molar-refractivity contribution in [1.29, 1.82) is 0 Å². The van der Waals surface area contributed by atoms with Crippen molar-refractivity contribution < 1.29 is 13.2 Å². The minimum absolute atomic E-state index is 0.178. The third-order valence-electron chi connectivity index (χ3n) is 2.97. The van der Waals surface area contributed by atoms with E-state index in [1.165, 1.54) is 5.41 Å². The maximum Gasteiger partial charge on any atom is 0.234 e. The average molecular weight is 279 g/mol. The Labute approximate surface area is 113 Å². The van der Waals surface area contributed by atoms with E-state index in [2.05, 4.69) is 11.3 Å². The standard InChI is InChI=1S/C14H17NO3S/c1-2-14(13-10-18-11-13)15-19(16,17)9-8-12-6-4-3-5-7-12/h2-9,13-15H,1,10-11H2/b9-8+. The van der Waals surface area contributed by atoms with Gasteiger partial charge in [-0.05, 0) is 11.6 Å². The van der Waals surface area contributed by atoms with Crippen LogP contribution in [-0.4, -0.2) is 27.7 Å². The zero-order valence-corrected chi connectivity index (χ0v) is 11.3. The number of benzene rings is 1. The van der Waals surface area contributed by atoms with Gasteiger partial charge in [0, 0.05) is 17.4 Å². The Morgan fingerprint density at radius 1 is 1.32 bits per heavy atom. The van der Waals surface area contributed by atoms with Crippen LogP contribution in [0.15, 0.2) is 48.4 Å². The predicted molar refractivity (Wildman–Crippen MR) is 75.8 cm³/mol. The lowest BCUT2D eigenvalue weighted by molar-refractivity contribution is -0.0390. The lowest BCUT2D eigenvalue weighted by Crippen LogP contribution is -2.46. The fraction of sp³-hybridized carbons (Fsp3) is 0.286. The highest BCUT2D eigenvalue weighted by atomic mass is 32.2. The van der Waals surface area contributed by atoms with Gasteiger partial charge in [0.25, 0.3) is 0 Å². The van der Waals surface area contributed by atoms with Crippen molar-refractivity contribution >= 4 is 16.1 Å². The lowest BCUT2D eigenvalue weighted by atomic mass is 9.99. The highest BCUT2D eigenvalue weighted by Crippen LogP contribution is 2.16. The number of nitrogens with one attached hydrogen (secondary N) is 1. The summed E-state index contributed by atoms with van der Waals surface area (Å²) in [6, 6.07) is 9.01. The number of hydrogen-bond donors (Lipinski definition) is 1. The van der Waals surface area contributed by atoms with Gasteiger partial charge in [0.2, 0.25) is 10.0 Å². The van der Waals surface area contributed by atoms with Crippen LogP contribution in [0.1, 0.15) is 5.56 Å². The van der Waals surface area contributed by atoms with Gasteiger partial charge >= 0.3 is 0 Å². The summed E-state index contributed by atoms with van der Waals surface area (Å²) in [6.45, 7) is 4.80. The third kappa shape index (κ3) is 4.02. The first-order valence-corrected chi connectivity index (χ1v) is 7.61. The molecule has 0 aromatic heterocycles. The summed E-state index contributed by atoms with van der Waals surface area (Å²) in [5.41, 5.74) is 0.843. The normalized spacial score (nSPS) is 18.1. The molecule has 1 saturated heterocycles. The van der Waals surface area contributed by atoms with Crippen LogP contribution in [0.25, 0.3) is 6.08 Å². The van der Waals surface area contributed by atoms with E-state index in [0.29, 0.717) is 13.2 Å². The van der Waals surface area contributed by atoms with E-state index in [4.69, 9.17) is 4.74 Å². The first kappa shape index (κ1) is 14.0. The van der Waals surface area contributed by atoms with Crippen molar-refractivity contribution in [1.82, 2.24) is 4.72 Å². The van der Waals surface area contributed by atoms with Gasteiger partial charge < -0.3 is 4.74 Å². The summed E-state index contributed by atoms with van der Waals surface area (Å²) in [5, 5.41) is 1.18. The zero-order chi connectivity index (χ0) is 13.7. The first-order valence-electron chi connectivity index (χ1n) is 6.06. The smallest absolute Gasteiger partial charge is 0.234 e. The maximum absolute atomic E-state index is 11.9.